The molecule has 0 atom stereocenters. The Hall–Kier alpha value is -3.75. The van der Waals surface area contributed by atoms with Crippen LogP contribution in [0.2, 0.25) is 0 Å². The first kappa shape index (κ1) is 20.0. The van der Waals surface area contributed by atoms with Crippen LogP contribution in [-0.2, 0) is 0 Å². The molecule has 0 aliphatic carbocycles. The van der Waals surface area contributed by atoms with Crippen LogP contribution in [0.3, 0.4) is 0 Å². The molecule has 29 heavy (non-hydrogen) atoms. The maximum absolute atomic E-state index is 13.7. The highest BCUT2D eigenvalue weighted by molar-refractivity contribution is 5.94. The second-order valence-corrected chi connectivity index (χ2v) is 5.87. The van der Waals surface area contributed by atoms with E-state index in [0.717, 1.165) is 0 Å². The Labute approximate surface area is 166 Å². The molecule has 0 saturated carbocycles. The molecule has 1 aromatic heterocycles. The SMILES string of the molecule is CCOc1ccc(C(=O)NCCNC(=O)c2nc(-c3ccccc3F)no2)cc1. The van der Waals surface area contributed by atoms with Gasteiger partial charge < -0.3 is 19.9 Å². The Morgan fingerprint density at radius 3 is 2.41 bits per heavy atom. The zero-order valence-corrected chi connectivity index (χ0v) is 15.6. The van der Waals surface area contributed by atoms with E-state index in [1.54, 1.807) is 30.3 Å². The quantitative estimate of drug-likeness (QED) is 0.565. The standard InChI is InChI=1S/C20H19FN4O4/c1-2-28-14-9-7-13(8-10-14)18(26)22-11-12-23-19(27)20-24-17(25-29-20)15-5-3-4-6-16(15)21/h3-10H,2,11-12H2,1H3,(H,22,26)(H,23,27). The lowest BCUT2D eigenvalue weighted by molar-refractivity contribution is 0.0898. The molecule has 0 radical (unpaired) electrons. The molecule has 3 rings (SSSR count). The molecule has 2 amide bonds. The fourth-order valence-electron chi connectivity index (χ4n) is 2.47. The van der Waals surface area contributed by atoms with Crippen LogP contribution in [0.25, 0.3) is 11.4 Å². The number of ether oxygens (including phenoxy) is 1. The molecule has 0 unspecified atom stereocenters. The van der Waals surface area contributed by atoms with Gasteiger partial charge in [-0.1, -0.05) is 17.3 Å². The van der Waals surface area contributed by atoms with Crippen molar-refractivity contribution in [3.05, 3.63) is 65.8 Å². The second-order valence-electron chi connectivity index (χ2n) is 5.87. The smallest absolute Gasteiger partial charge is 0.316 e. The average Bonchev–Trinajstić information content (AvgIpc) is 3.22. The van der Waals surface area contributed by atoms with Crippen molar-refractivity contribution in [1.29, 1.82) is 0 Å². The molecule has 0 aliphatic heterocycles. The third-order valence-corrected chi connectivity index (χ3v) is 3.86. The zero-order valence-electron chi connectivity index (χ0n) is 15.6. The molecule has 9 heteroatoms. The minimum Gasteiger partial charge on any atom is -0.494 e. The largest absolute Gasteiger partial charge is 0.494 e. The number of hydrogen-bond acceptors (Lipinski definition) is 6. The third kappa shape index (κ3) is 5.16. The van der Waals surface area contributed by atoms with Crippen molar-refractivity contribution in [2.75, 3.05) is 19.7 Å². The first-order valence-electron chi connectivity index (χ1n) is 8.96. The van der Waals surface area contributed by atoms with Gasteiger partial charge in [-0.25, -0.2) is 4.39 Å². The van der Waals surface area contributed by atoms with Gasteiger partial charge in [0.1, 0.15) is 11.6 Å². The van der Waals surface area contributed by atoms with Crippen LogP contribution in [0.1, 0.15) is 28.0 Å². The van der Waals surface area contributed by atoms with Crippen molar-refractivity contribution in [2.24, 2.45) is 0 Å². The van der Waals surface area contributed by atoms with Gasteiger partial charge in [-0.05, 0) is 43.3 Å². The highest BCUT2D eigenvalue weighted by atomic mass is 19.1. The molecular weight excluding hydrogens is 379 g/mol. The molecule has 0 saturated heterocycles. The maximum atomic E-state index is 13.7. The molecule has 150 valence electrons. The maximum Gasteiger partial charge on any atom is 0.316 e. The van der Waals surface area contributed by atoms with E-state index in [1.807, 2.05) is 6.92 Å². The predicted octanol–water partition coefficient (Wildman–Crippen LogP) is 2.43. The summed E-state index contributed by atoms with van der Waals surface area (Å²) in [6.45, 7) is 2.78. The number of carbonyl (C=O) groups excluding carboxylic acids is 2. The van der Waals surface area contributed by atoms with E-state index in [2.05, 4.69) is 20.8 Å². The van der Waals surface area contributed by atoms with E-state index in [4.69, 9.17) is 9.26 Å². The first-order chi connectivity index (χ1) is 14.1. The predicted molar refractivity (Wildman–Crippen MR) is 102 cm³/mol. The molecule has 2 aromatic carbocycles. The van der Waals surface area contributed by atoms with Gasteiger partial charge in [0.05, 0.1) is 12.2 Å². The van der Waals surface area contributed by atoms with Crippen LogP contribution in [0, 0.1) is 5.82 Å². The van der Waals surface area contributed by atoms with Gasteiger partial charge in [0.25, 0.3) is 5.91 Å². The lowest BCUT2D eigenvalue weighted by Crippen LogP contribution is -2.34. The van der Waals surface area contributed by atoms with Crippen molar-refractivity contribution in [3.63, 3.8) is 0 Å². The number of halogens is 1. The average molecular weight is 398 g/mol. The molecule has 0 spiro atoms. The van der Waals surface area contributed by atoms with Crippen molar-refractivity contribution in [2.45, 2.75) is 6.92 Å². The van der Waals surface area contributed by atoms with Crippen molar-refractivity contribution in [1.82, 2.24) is 20.8 Å². The molecule has 0 fully saturated rings. The van der Waals surface area contributed by atoms with Gasteiger partial charge in [-0.3, -0.25) is 9.59 Å². The summed E-state index contributed by atoms with van der Waals surface area (Å²) in [6.07, 6.45) is 0. The molecular formula is C20H19FN4O4. The highest BCUT2D eigenvalue weighted by Gasteiger charge is 2.17. The summed E-state index contributed by atoms with van der Waals surface area (Å²) < 4.78 is 23.9. The number of carbonyl (C=O) groups is 2. The van der Waals surface area contributed by atoms with E-state index in [-0.39, 0.29) is 36.3 Å². The number of benzene rings is 2. The fourth-order valence-corrected chi connectivity index (χ4v) is 2.47. The number of aromatic nitrogens is 2. The van der Waals surface area contributed by atoms with Crippen molar-refractivity contribution >= 4 is 11.8 Å². The number of hydrogen-bond donors (Lipinski definition) is 2. The number of nitrogens with zero attached hydrogens (tertiary/aromatic N) is 2. The summed E-state index contributed by atoms with van der Waals surface area (Å²) in [6, 6.07) is 12.6. The molecule has 1 heterocycles. The lowest BCUT2D eigenvalue weighted by atomic mass is 10.2. The summed E-state index contributed by atoms with van der Waals surface area (Å²) in [5, 5.41) is 8.85. The van der Waals surface area contributed by atoms with Crippen LogP contribution in [0.15, 0.2) is 53.1 Å². The molecule has 3 aromatic rings. The summed E-state index contributed by atoms with van der Waals surface area (Å²) in [4.78, 5) is 28.0. The van der Waals surface area contributed by atoms with Crippen molar-refractivity contribution < 1.29 is 23.2 Å². The van der Waals surface area contributed by atoms with Gasteiger partial charge in [-0.2, -0.15) is 4.98 Å². The Morgan fingerprint density at radius 1 is 1.03 bits per heavy atom. The molecule has 2 N–H and O–H groups in total. The normalized spacial score (nSPS) is 10.4. The van der Waals surface area contributed by atoms with Crippen LogP contribution in [-0.4, -0.2) is 41.7 Å². The Balaban J connectivity index is 1.46. The van der Waals surface area contributed by atoms with Gasteiger partial charge in [0.2, 0.25) is 5.82 Å². The minimum absolute atomic E-state index is 0.0166. The van der Waals surface area contributed by atoms with E-state index in [0.29, 0.717) is 17.9 Å². The van der Waals surface area contributed by atoms with Gasteiger partial charge in [-0.15, -0.1) is 0 Å². The topological polar surface area (TPSA) is 106 Å². The van der Waals surface area contributed by atoms with Crippen LogP contribution in [0.5, 0.6) is 5.75 Å². The molecule has 8 nitrogen and oxygen atoms in total. The summed E-state index contributed by atoms with van der Waals surface area (Å²) in [5.41, 5.74) is 0.615. The third-order valence-electron chi connectivity index (χ3n) is 3.86. The first-order valence-corrected chi connectivity index (χ1v) is 8.96. The summed E-state index contributed by atoms with van der Waals surface area (Å²) in [5.74, 6) is -1.03. The number of amides is 2. The Morgan fingerprint density at radius 2 is 1.72 bits per heavy atom. The van der Waals surface area contributed by atoms with E-state index >= 15 is 0 Å². The van der Waals surface area contributed by atoms with E-state index in [9.17, 15) is 14.0 Å². The Bertz CT molecular complexity index is 988. The monoisotopic (exact) mass is 398 g/mol. The molecule has 0 aliphatic rings. The minimum atomic E-state index is -0.615. The van der Waals surface area contributed by atoms with Gasteiger partial charge >= 0.3 is 11.8 Å². The van der Waals surface area contributed by atoms with Crippen LogP contribution in [0.4, 0.5) is 4.39 Å². The fraction of sp³-hybridized carbons (Fsp3) is 0.200. The van der Waals surface area contributed by atoms with Gasteiger partial charge in [0, 0.05) is 18.7 Å². The van der Waals surface area contributed by atoms with Crippen LogP contribution < -0.4 is 15.4 Å². The van der Waals surface area contributed by atoms with E-state index < -0.39 is 11.7 Å². The second kappa shape index (κ2) is 9.45. The van der Waals surface area contributed by atoms with E-state index in [1.165, 1.54) is 18.2 Å². The number of nitrogens with one attached hydrogen (secondary N) is 2. The Kier molecular flexibility index (Phi) is 6.51. The van der Waals surface area contributed by atoms with Crippen LogP contribution >= 0.6 is 0 Å². The highest BCUT2D eigenvalue weighted by Crippen LogP contribution is 2.19. The lowest BCUT2D eigenvalue weighted by Gasteiger charge is -2.07. The molecule has 0 bridgehead atoms. The zero-order chi connectivity index (χ0) is 20.6. The van der Waals surface area contributed by atoms with Crippen molar-refractivity contribution in [3.8, 4) is 17.1 Å². The summed E-state index contributed by atoms with van der Waals surface area (Å²) in [7, 11) is 0. The number of rotatable bonds is 8. The summed E-state index contributed by atoms with van der Waals surface area (Å²) >= 11 is 0. The van der Waals surface area contributed by atoms with Gasteiger partial charge in [0.15, 0.2) is 0 Å².